The first kappa shape index (κ1) is 21.9. The second kappa shape index (κ2) is 10.7. The van der Waals surface area contributed by atoms with E-state index in [1.807, 2.05) is 30.3 Å². The Kier molecular flexibility index (Phi) is 9.02. The van der Waals surface area contributed by atoms with Crippen molar-refractivity contribution in [2.24, 2.45) is 5.92 Å². The average Bonchev–Trinajstić information content (AvgIpc) is 2.61. The molecule has 26 heavy (non-hydrogen) atoms. The van der Waals surface area contributed by atoms with Gasteiger partial charge in [-0.15, -0.1) is 6.58 Å². The lowest BCUT2D eigenvalue weighted by Gasteiger charge is -2.26. The van der Waals surface area contributed by atoms with Crippen LogP contribution >= 0.6 is 0 Å². The van der Waals surface area contributed by atoms with Gasteiger partial charge >= 0.3 is 0 Å². The predicted molar refractivity (Wildman–Crippen MR) is 101 cm³/mol. The van der Waals surface area contributed by atoms with E-state index in [1.165, 1.54) is 0 Å². The summed E-state index contributed by atoms with van der Waals surface area (Å²) in [6.07, 6.45) is 2.45. The van der Waals surface area contributed by atoms with Crippen molar-refractivity contribution < 1.29 is 19.8 Å². The third kappa shape index (κ3) is 7.80. The number of benzene rings is 1. The molecule has 1 aromatic rings. The van der Waals surface area contributed by atoms with Gasteiger partial charge in [0.2, 0.25) is 11.8 Å². The van der Waals surface area contributed by atoms with Gasteiger partial charge in [0, 0.05) is 6.42 Å². The molecule has 0 aliphatic heterocycles. The number of carbonyl (C=O) groups is 2. The topological polar surface area (TPSA) is 98.7 Å². The van der Waals surface area contributed by atoms with Gasteiger partial charge in [-0.2, -0.15) is 0 Å². The Hall–Kier alpha value is -2.18. The Balaban J connectivity index is 2.65. The summed E-state index contributed by atoms with van der Waals surface area (Å²) in [6.45, 7) is 6.67. The van der Waals surface area contributed by atoms with Crippen molar-refractivity contribution in [1.82, 2.24) is 10.6 Å². The van der Waals surface area contributed by atoms with Crippen LogP contribution in [0.3, 0.4) is 0 Å². The Bertz CT molecular complexity index is 587. The molecule has 1 rings (SSSR count). The fraction of sp³-hybridized carbons (Fsp3) is 0.500. The van der Waals surface area contributed by atoms with Crippen LogP contribution in [-0.2, 0) is 16.0 Å². The number of allylic oxidation sites excluding steroid dienone is 1. The molecule has 6 heteroatoms. The third-order valence-electron chi connectivity index (χ3n) is 4.02. The zero-order valence-electron chi connectivity index (χ0n) is 15.6. The minimum absolute atomic E-state index is 0.00927. The first-order chi connectivity index (χ1) is 12.3. The van der Waals surface area contributed by atoms with Crippen molar-refractivity contribution >= 4 is 11.8 Å². The highest BCUT2D eigenvalue weighted by Crippen LogP contribution is 2.13. The lowest BCUT2D eigenvalue weighted by Crippen LogP contribution is -2.49. The minimum atomic E-state index is -0.756. The highest BCUT2D eigenvalue weighted by atomic mass is 16.3. The molecule has 0 aliphatic carbocycles. The number of hydrogen-bond donors (Lipinski definition) is 4. The van der Waals surface area contributed by atoms with Crippen LogP contribution in [0.2, 0.25) is 0 Å². The monoisotopic (exact) mass is 362 g/mol. The molecule has 1 aromatic carbocycles. The Labute approximate surface area is 155 Å². The molecule has 0 fully saturated rings. The summed E-state index contributed by atoms with van der Waals surface area (Å²) in [6, 6.07) is 9.16. The average molecular weight is 362 g/mol. The van der Waals surface area contributed by atoms with Crippen molar-refractivity contribution in [2.45, 2.75) is 44.7 Å². The molecule has 0 radical (unpaired) electrons. The van der Waals surface area contributed by atoms with Gasteiger partial charge in [0.1, 0.15) is 0 Å². The maximum atomic E-state index is 12.4. The lowest BCUT2D eigenvalue weighted by atomic mass is 9.97. The molecule has 6 nitrogen and oxygen atoms in total. The van der Waals surface area contributed by atoms with Gasteiger partial charge in [-0.05, 0) is 32.3 Å². The van der Waals surface area contributed by atoms with Crippen LogP contribution in [0.1, 0.15) is 32.3 Å². The summed E-state index contributed by atoms with van der Waals surface area (Å²) in [7, 11) is 0. The van der Waals surface area contributed by atoms with Crippen molar-refractivity contribution in [3.8, 4) is 0 Å². The molecule has 0 aromatic heterocycles. The van der Waals surface area contributed by atoms with Gasteiger partial charge in [-0.3, -0.25) is 9.59 Å². The number of aliphatic hydroxyl groups excluding tert-OH is 2. The summed E-state index contributed by atoms with van der Waals surface area (Å²) >= 11 is 0. The van der Waals surface area contributed by atoms with Crippen LogP contribution in [0.25, 0.3) is 0 Å². The van der Waals surface area contributed by atoms with Gasteiger partial charge < -0.3 is 20.8 Å². The molecular formula is C20H30N2O4. The van der Waals surface area contributed by atoms with E-state index in [2.05, 4.69) is 17.2 Å². The second-order valence-corrected chi connectivity index (χ2v) is 7.09. The van der Waals surface area contributed by atoms with E-state index in [-0.39, 0.29) is 31.4 Å². The number of hydrogen-bond acceptors (Lipinski definition) is 4. The van der Waals surface area contributed by atoms with E-state index in [4.69, 9.17) is 0 Å². The van der Waals surface area contributed by atoms with Crippen LogP contribution in [-0.4, -0.2) is 46.8 Å². The van der Waals surface area contributed by atoms with E-state index in [0.717, 1.165) is 5.56 Å². The molecule has 4 N–H and O–H groups in total. The normalized spacial score (nSPS) is 13.5. The van der Waals surface area contributed by atoms with Gasteiger partial charge in [0.25, 0.3) is 0 Å². The van der Waals surface area contributed by atoms with Crippen molar-refractivity contribution in [3.63, 3.8) is 0 Å². The van der Waals surface area contributed by atoms with Gasteiger partial charge in [0.15, 0.2) is 0 Å². The zero-order valence-corrected chi connectivity index (χ0v) is 15.6. The number of aliphatic hydroxyl groups is 2. The molecule has 0 heterocycles. The summed E-state index contributed by atoms with van der Waals surface area (Å²) < 4.78 is 0. The van der Waals surface area contributed by atoms with Crippen molar-refractivity contribution in [3.05, 3.63) is 48.6 Å². The minimum Gasteiger partial charge on any atom is -0.394 e. The molecule has 0 saturated carbocycles. The molecule has 0 unspecified atom stereocenters. The fourth-order valence-corrected chi connectivity index (χ4v) is 2.53. The van der Waals surface area contributed by atoms with Gasteiger partial charge in [-0.25, -0.2) is 0 Å². The van der Waals surface area contributed by atoms with E-state index in [9.17, 15) is 19.8 Å². The zero-order chi connectivity index (χ0) is 19.6. The molecular weight excluding hydrogens is 332 g/mol. The second-order valence-electron chi connectivity index (χ2n) is 7.09. The van der Waals surface area contributed by atoms with E-state index < -0.39 is 17.5 Å². The van der Waals surface area contributed by atoms with E-state index >= 15 is 0 Å². The van der Waals surface area contributed by atoms with Crippen molar-refractivity contribution in [2.75, 3.05) is 13.2 Å². The maximum absolute atomic E-state index is 12.4. The third-order valence-corrected chi connectivity index (χ3v) is 4.02. The Morgan fingerprint density at radius 2 is 1.88 bits per heavy atom. The lowest BCUT2D eigenvalue weighted by molar-refractivity contribution is -0.132. The molecule has 0 saturated heterocycles. The summed E-state index contributed by atoms with van der Waals surface area (Å²) in [5.41, 5.74) is 0.255. The summed E-state index contributed by atoms with van der Waals surface area (Å²) in [5.74, 6) is -1.18. The number of amides is 2. The molecule has 0 spiro atoms. The number of nitrogens with one attached hydrogen (secondary N) is 2. The highest BCUT2D eigenvalue weighted by molar-refractivity contribution is 5.86. The Morgan fingerprint density at radius 3 is 2.42 bits per heavy atom. The van der Waals surface area contributed by atoms with Crippen LogP contribution in [0, 0.1) is 5.92 Å². The fourth-order valence-electron chi connectivity index (χ4n) is 2.53. The molecule has 144 valence electrons. The summed E-state index contributed by atoms with van der Waals surface area (Å²) in [5, 5.41) is 24.3. The number of rotatable bonds is 11. The Morgan fingerprint density at radius 1 is 1.23 bits per heavy atom. The van der Waals surface area contributed by atoms with Crippen molar-refractivity contribution in [1.29, 1.82) is 0 Å². The largest absolute Gasteiger partial charge is 0.394 e. The van der Waals surface area contributed by atoms with E-state index in [0.29, 0.717) is 12.8 Å². The molecule has 2 amide bonds. The quantitative estimate of drug-likeness (QED) is 0.444. The first-order valence-corrected chi connectivity index (χ1v) is 8.79. The number of carbonyl (C=O) groups excluding carboxylic acids is 2. The first-order valence-electron chi connectivity index (χ1n) is 8.79. The highest BCUT2D eigenvalue weighted by Gasteiger charge is 2.27. The van der Waals surface area contributed by atoms with E-state index in [1.54, 1.807) is 19.9 Å². The SMILES string of the molecule is C=CC[C@H](CC(=O)N[C@H](CO)Cc1ccccc1)C(=O)NC(C)(C)CO. The predicted octanol–water partition coefficient (Wildman–Crippen LogP) is 1.18. The maximum Gasteiger partial charge on any atom is 0.224 e. The van der Waals surface area contributed by atoms with Crippen LogP contribution in [0.4, 0.5) is 0 Å². The summed E-state index contributed by atoms with van der Waals surface area (Å²) in [4.78, 5) is 24.7. The van der Waals surface area contributed by atoms with Crippen LogP contribution in [0.15, 0.2) is 43.0 Å². The van der Waals surface area contributed by atoms with Gasteiger partial charge in [0.05, 0.1) is 30.7 Å². The van der Waals surface area contributed by atoms with Crippen LogP contribution in [0.5, 0.6) is 0 Å². The molecule has 0 aliphatic rings. The standard InChI is InChI=1S/C20H30N2O4/c1-4-8-16(19(26)22-20(2,3)14-24)12-18(25)21-17(13-23)11-15-9-6-5-7-10-15/h4-7,9-10,16-17,23-24H,1,8,11-14H2,2-3H3,(H,21,25)(H,22,26)/t16-,17+/m1/s1. The van der Waals surface area contributed by atoms with Gasteiger partial charge in [-0.1, -0.05) is 36.4 Å². The smallest absolute Gasteiger partial charge is 0.224 e. The molecule has 0 bridgehead atoms. The van der Waals surface area contributed by atoms with Crippen LogP contribution < -0.4 is 10.6 Å². The molecule has 2 atom stereocenters.